The lowest BCUT2D eigenvalue weighted by Gasteiger charge is -2.48. The van der Waals surface area contributed by atoms with Crippen LogP contribution in [0.3, 0.4) is 0 Å². The number of carbonyl (C=O) groups excluding carboxylic acids is 4. The van der Waals surface area contributed by atoms with Gasteiger partial charge in [0.15, 0.2) is 6.61 Å². The Hall–Kier alpha value is -2.90. The van der Waals surface area contributed by atoms with Gasteiger partial charge in [0.2, 0.25) is 11.6 Å². The summed E-state index contributed by atoms with van der Waals surface area (Å²) in [6.07, 6.45) is 0.239. The van der Waals surface area contributed by atoms with Crippen LogP contribution in [0.4, 0.5) is 5.69 Å². The number of para-hydroxylation sites is 1. The van der Waals surface area contributed by atoms with E-state index in [1.165, 1.54) is 9.80 Å². The number of nitrogens with one attached hydrogen (secondary N) is 1. The highest BCUT2D eigenvalue weighted by Gasteiger charge is 2.62. The lowest BCUT2D eigenvalue weighted by atomic mass is 9.95. The van der Waals surface area contributed by atoms with Crippen LogP contribution in [0.5, 0.6) is 0 Å². The molecule has 0 aliphatic carbocycles. The Bertz CT molecular complexity index is 897. The summed E-state index contributed by atoms with van der Waals surface area (Å²) in [7, 11) is 0. The first-order valence-corrected chi connectivity index (χ1v) is 10.8. The van der Waals surface area contributed by atoms with E-state index in [2.05, 4.69) is 5.32 Å². The molecule has 1 aromatic rings. The number of esters is 1. The van der Waals surface area contributed by atoms with E-state index >= 15 is 0 Å². The van der Waals surface area contributed by atoms with Crippen molar-refractivity contribution in [1.29, 1.82) is 0 Å². The molecule has 1 N–H and O–H groups in total. The smallest absolute Gasteiger partial charge is 0.354 e. The van der Waals surface area contributed by atoms with Crippen LogP contribution >= 0.6 is 0 Å². The van der Waals surface area contributed by atoms with Gasteiger partial charge in [-0.05, 0) is 30.9 Å². The molecule has 3 amide bonds. The number of ether oxygens (including phenoxy) is 1. The molecule has 2 aliphatic rings. The third kappa shape index (κ3) is 4.03. The van der Waals surface area contributed by atoms with E-state index in [1.54, 1.807) is 24.3 Å². The molecule has 2 aliphatic heterocycles. The fraction of sp³-hybridized carbons (Fsp3) is 0.565. The van der Waals surface area contributed by atoms with E-state index in [-0.39, 0.29) is 49.1 Å². The summed E-state index contributed by atoms with van der Waals surface area (Å²) >= 11 is 0. The molecule has 3 rings (SSSR count). The van der Waals surface area contributed by atoms with Gasteiger partial charge in [-0.1, -0.05) is 39.8 Å². The lowest BCUT2D eigenvalue weighted by Crippen LogP contribution is -2.69. The van der Waals surface area contributed by atoms with Crippen molar-refractivity contribution in [2.24, 2.45) is 11.8 Å². The highest BCUT2D eigenvalue weighted by molar-refractivity contribution is 6.15. The fourth-order valence-electron chi connectivity index (χ4n) is 4.07. The number of nitrogens with zero attached hydrogens (tertiary/aromatic N) is 2. The zero-order valence-corrected chi connectivity index (χ0v) is 18.8. The van der Waals surface area contributed by atoms with E-state index in [4.69, 9.17) is 4.74 Å². The summed E-state index contributed by atoms with van der Waals surface area (Å²) in [5, 5.41) is 2.79. The largest absolute Gasteiger partial charge is 0.452 e. The summed E-state index contributed by atoms with van der Waals surface area (Å²) in [5.41, 5.74) is -0.785. The second-order valence-corrected chi connectivity index (χ2v) is 9.05. The molecular weight excluding hydrogens is 398 g/mol. The Kier molecular flexibility index (Phi) is 6.38. The van der Waals surface area contributed by atoms with E-state index in [1.807, 2.05) is 34.6 Å². The van der Waals surface area contributed by atoms with Gasteiger partial charge in [-0.15, -0.1) is 0 Å². The van der Waals surface area contributed by atoms with Crippen molar-refractivity contribution in [1.82, 2.24) is 10.2 Å². The van der Waals surface area contributed by atoms with Gasteiger partial charge in [0.25, 0.3) is 11.8 Å². The zero-order chi connectivity index (χ0) is 22.9. The number of hydrogen-bond donors (Lipinski definition) is 1. The maximum atomic E-state index is 13.4. The second kappa shape index (κ2) is 8.69. The Morgan fingerprint density at radius 1 is 1.13 bits per heavy atom. The minimum Gasteiger partial charge on any atom is -0.452 e. The number of rotatable bonds is 7. The Balaban J connectivity index is 1.94. The van der Waals surface area contributed by atoms with Crippen molar-refractivity contribution in [2.45, 2.75) is 59.2 Å². The van der Waals surface area contributed by atoms with Gasteiger partial charge in [0.1, 0.15) is 0 Å². The van der Waals surface area contributed by atoms with E-state index in [9.17, 15) is 19.2 Å². The third-order valence-electron chi connectivity index (χ3n) is 5.97. The number of anilines is 1. The number of benzene rings is 1. The first-order chi connectivity index (χ1) is 14.6. The summed E-state index contributed by atoms with van der Waals surface area (Å²) in [6, 6.07) is 6.72. The van der Waals surface area contributed by atoms with Crippen LogP contribution in [0.2, 0.25) is 0 Å². The average molecular weight is 430 g/mol. The Morgan fingerprint density at radius 2 is 1.81 bits per heavy atom. The van der Waals surface area contributed by atoms with Crippen LogP contribution in [0.15, 0.2) is 24.3 Å². The van der Waals surface area contributed by atoms with E-state index in [0.29, 0.717) is 11.3 Å². The minimum atomic E-state index is -1.57. The molecule has 2 atom stereocenters. The molecule has 0 bridgehead atoms. The highest BCUT2D eigenvalue weighted by atomic mass is 16.5. The molecule has 1 aromatic carbocycles. The second-order valence-electron chi connectivity index (χ2n) is 9.05. The van der Waals surface area contributed by atoms with Crippen molar-refractivity contribution in [3.8, 4) is 0 Å². The number of amides is 3. The minimum absolute atomic E-state index is 0.0617. The van der Waals surface area contributed by atoms with Crippen molar-refractivity contribution in [3.63, 3.8) is 0 Å². The molecule has 0 spiro atoms. The van der Waals surface area contributed by atoms with Gasteiger partial charge in [0, 0.05) is 25.4 Å². The predicted octanol–water partition coefficient (Wildman–Crippen LogP) is 2.33. The molecular formula is C23H31N3O5. The summed E-state index contributed by atoms with van der Waals surface area (Å²) < 4.78 is 5.41. The normalized spacial score (nSPS) is 21.3. The van der Waals surface area contributed by atoms with Crippen molar-refractivity contribution >= 4 is 29.4 Å². The van der Waals surface area contributed by atoms with Gasteiger partial charge in [-0.3, -0.25) is 19.3 Å². The van der Waals surface area contributed by atoms with Crippen molar-refractivity contribution in [3.05, 3.63) is 29.8 Å². The molecule has 0 saturated carbocycles. The van der Waals surface area contributed by atoms with Crippen molar-refractivity contribution in [2.75, 3.05) is 18.1 Å². The van der Waals surface area contributed by atoms with E-state index < -0.39 is 24.1 Å². The van der Waals surface area contributed by atoms with Crippen LogP contribution in [-0.4, -0.2) is 53.4 Å². The molecule has 31 heavy (non-hydrogen) atoms. The molecule has 1 saturated heterocycles. The quantitative estimate of drug-likeness (QED) is 0.671. The molecule has 8 nitrogen and oxygen atoms in total. The first kappa shape index (κ1) is 22.8. The standard InChI is InChI=1S/C23H31N3O5/c1-14(2)12-25-21(29)17-8-6-7-9-18(17)26-20(28)10-11-23(25,26)22(30)31-13-19(27)24-16(5)15(3)4/h6-9,14-16H,10-13H2,1-5H3,(H,24,27)/t16-,23-/m0/s1. The third-order valence-corrected chi connectivity index (χ3v) is 5.97. The predicted molar refractivity (Wildman–Crippen MR) is 115 cm³/mol. The number of carbonyl (C=O) groups is 4. The van der Waals surface area contributed by atoms with Gasteiger partial charge < -0.3 is 15.0 Å². The maximum Gasteiger partial charge on any atom is 0.354 e. The summed E-state index contributed by atoms with van der Waals surface area (Å²) in [6.45, 7) is 9.53. The monoisotopic (exact) mass is 429 g/mol. The Morgan fingerprint density at radius 3 is 2.45 bits per heavy atom. The fourth-order valence-corrected chi connectivity index (χ4v) is 4.07. The average Bonchev–Trinajstić information content (AvgIpc) is 3.07. The first-order valence-electron chi connectivity index (χ1n) is 10.8. The molecule has 0 unspecified atom stereocenters. The number of hydrogen-bond acceptors (Lipinski definition) is 5. The van der Waals surface area contributed by atoms with Gasteiger partial charge in [-0.25, -0.2) is 4.79 Å². The van der Waals surface area contributed by atoms with Crippen LogP contribution < -0.4 is 10.2 Å². The maximum absolute atomic E-state index is 13.4. The molecule has 2 heterocycles. The molecule has 168 valence electrons. The van der Waals surface area contributed by atoms with Gasteiger partial charge in [-0.2, -0.15) is 0 Å². The van der Waals surface area contributed by atoms with Crippen LogP contribution in [0, 0.1) is 11.8 Å². The molecule has 8 heteroatoms. The number of fused-ring (bicyclic) bond motifs is 3. The zero-order valence-electron chi connectivity index (χ0n) is 18.8. The van der Waals surface area contributed by atoms with Crippen LogP contribution in [0.1, 0.15) is 57.8 Å². The van der Waals surface area contributed by atoms with Gasteiger partial charge >= 0.3 is 5.97 Å². The summed E-state index contributed by atoms with van der Waals surface area (Å²) in [4.78, 5) is 54.8. The van der Waals surface area contributed by atoms with Crippen LogP contribution in [-0.2, 0) is 19.1 Å². The van der Waals surface area contributed by atoms with Gasteiger partial charge in [0.05, 0.1) is 11.3 Å². The Labute approximate surface area is 182 Å². The topological polar surface area (TPSA) is 96.0 Å². The van der Waals surface area contributed by atoms with Crippen LogP contribution in [0.25, 0.3) is 0 Å². The lowest BCUT2D eigenvalue weighted by molar-refractivity contribution is -0.160. The highest BCUT2D eigenvalue weighted by Crippen LogP contribution is 2.45. The molecule has 0 radical (unpaired) electrons. The SMILES string of the molecule is CC(C)CN1C(=O)c2ccccc2N2C(=O)CC[C@]12C(=O)OCC(=O)N[C@@H](C)C(C)C. The molecule has 0 aromatic heterocycles. The molecule has 1 fully saturated rings. The summed E-state index contributed by atoms with van der Waals surface area (Å²) in [5.74, 6) is -1.44. The van der Waals surface area contributed by atoms with E-state index in [0.717, 1.165) is 0 Å². The van der Waals surface area contributed by atoms with Crippen molar-refractivity contribution < 1.29 is 23.9 Å².